The Kier molecular flexibility index (Phi) is 8.62. The maximum atomic E-state index is 9.81. The van der Waals surface area contributed by atoms with E-state index in [1.807, 2.05) is 24.3 Å². The maximum Gasteiger partial charge on any atom is 0.0991 e. The summed E-state index contributed by atoms with van der Waals surface area (Å²) in [7, 11) is 0. The zero-order valence-corrected chi connectivity index (χ0v) is 37.5. The van der Waals surface area contributed by atoms with Gasteiger partial charge < -0.3 is 0 Å². The number of thioether (sulfide) groups is 4. The first kappa shape index (κ1) is 37.6. The molecule has 2 nitrogen and oxygen atoms in total. The molecule has 0 amide bonds. The number of benzene rings is 10. The Morgan fingerprint density at radius 1 is 0.306 bits per heavy atom. The Morgan fingerprint density at radius 2 is 0.581 bits per heavy atom. The number of nitriles is 2. The first-order chi connectivity index (χ1) is 30.4. The van der Waals surface area contributed by atoms with E-state index in [4.69, 9.17) is 0 Å². The van der Waals surface area contributed by atoms with Crippen LogP contribution < -0.4 is 0 Å². The second-order valence-corrected chi connectivity index (χ2v) is 19.6. The van der Waals surface area contributed by atoms with Gasteiger partial charge in [0.2, 0.25) is 0 Å². The summed E-state index contributed by atoms with van der Waals surface area (Å²) in [6.45, 7) is 0. The van der Waals surface area contributed by atoms with Crippen molar-refractivity contribution >= 4 is 101 Å². The van der Waals surface area contributed by atoms with Crippen LogP contribution in [0.5, 0.6) is 0 Å². The summed E-state index contributed by atoms with van der Waals surface area (Å²) in [5.41, 5.74) is 15.9. The van der Waals surface area contributed by atoms with Crippen molar-refractivity contribution in [3.63, 3.8) is 0 Å². The van der Waals surface area contributed by atoms with Crippen molar-refractivity contribution < 1.29 is 0 Å². The predicted molar refractivity (Wildman–Crippen MR) is 270 cm³/mol. The number of rotatable bonds is 6. The van der Waals surface area contributed by atoms with E-state index in [-0.39, 0.29) is 0 Å². The van der Waals surface area contributed by atoms with E-state index < -0.39 is 0 Å². The second-order valence-electron chi connectivity index (χ2n) is 16.1. The molecule has 0 radical (unpaired) electrons. The zero-order valence-electron chi connectivity index (χ0n) is 34.2. The number of nitrogens with zero attached hydrogens (tertiary/aromatic N) is 2. The number of fused-ring (bicyclic) bond motifs is 11. The summed E-state index contributed by atoms with van der Waals surface area (Å²) in [4.78, 5) is 5.03. The average Bonchev–Trinajstić information content (AvgIpc) is 3.80. The molecule has 0 aliphatic heterocycles. The van der Waals surface area contributed by atoms with Crippen LogP contribution in [0.3, 0.4) is 0 Å². The van der Waals surface area contributed by atoms with Crippen LogP contribution in [0.4, 0.5) is 0 Å². The molecule has 10 aromatic carbocycles. The molecule has 12 rings (SSSR count). The highest BCUT2D eigenvalue weighted by molar-refractivity contribution is 7.99. The van der Waals surface area contributed by atoms with Crippen LogP contribution in [-0.2, 0) is 0 Å². The van der Waals surface area contributed by atoms with E-state index in [9.17, 15) is 10.5 Å². The predicted octanol–water partition coefficient (Wildman–Crippen LogP) is 16.7. The molecular formula is C56H34N2S4. The largest absolute Gasteiger partial charge is 0.192 e. The van der Waals surface area contributed by atoms with Gasteiger partial charge in [-0.1, -0.05) is 24.3 Å². The fourth-order valence-corrected chi connectivity index (χ4v) is 12.1. The Morgan fingerprint density at radius 3 is 0.871 bits per heavy atom. The first-order valence-electron chi connectivity index (χ1n) is 20.4. The van der Waals surface area contributed by atoms with E-state index in [0.717, 1.165) is 22.3 Å². The quantitative estimate of drug-likeness (QED) is 0.123. The van der Waals surface area contributed by atoms with Crippen LogP contribution in [0, 0.1) is 22.7 Å². The van der Waals surface area contributed by atoms with Crippen molar-refractivity contribution in [3.8, 4) is 78.9 Å². The van der Waals surface area contributed by atoms with Crippen molar-refractivity contribution in [2.75, 3.05) is 25.0 Å². The Bertz CT molecular complexity index is 3480. The molecule has 62 heavy (non-hydrogen) atoms. The normalized spacial score (nSPS) is 12.1. The minimum Gasteiger partial charge on any atom is -0.192 e. The van der Waals surface area contributed by atoms with Gasteiger partial charge in [-0.05, 0) is 255 Å². The lowest BCUT2D eigenvalue weighted by Gasteiger charge is -2.19. The molecule has 0 spiro atoms. The molecule has 0 N–H and O–H groups in total. The minimum absolute atomic E-state index is 0.645. The van der Waals surface area contributed by atoms with Crippen LogP contribution in [0.15, 0.2) is 153 Å². The molecular weight excluding hydrogens is 829 g/mol. The molecule has 0 bridgehead atoms. The summed E-state index contributed by atoms with van der Waals surface area (Å²) in [5, 5.41) is 31.9. The fourth-order valence-electron chi connectivity index (χ4n) is 10.2. The van der Waals surface area contributed by atoms with Gasteiger partial charge in [0.15, 0.2) is 0 Å². The number of hydrogen-bond acceptors (Lipinski definition) is 6. The topological polar surface area (TPSA) is 47.6 Å². The van der Waals surface area contributed by atoms with E-state index in [1.54, 1.807) is 47.0 Å². The summed E-state index contributed by atoms with van der Waals surface area (Å²) < 4.78 is 0. The molecule has 0 aromatic heterocycles. The third kappa shape index (κ3) is 5.48. The SMILES string of the molecule is CSc1cc2c3c(cc(SC)cc3c1)-c1cc3c(cc1-2)c(-c1ccc(C#N)cc1)cc1c2cc4c(cc2c(-c2ccc(C#N)cc2)cc31)-c1cc(SC)cc2cc(SC)cc-4c12. The lowest BCUT2D eigenvalue weighted by atomic mass is 9.84. The van der Waals surface area contributed by atoms with Gasteiger partial charge in [0.25, 0.3) is 0 Å². The Hall–Kier alpha value is -6.12. The highest BCUT2D eigenvalue weighted by Crippen LogP contribution is 2.55. The van der Waals surface area contributed by atoms with Crippen molar-refractivity contribution in [2.24, 2.45) is 0 Å². The van der Waals surface area contributed by atoms with Crippen molar-refractivity contribution in [1.29, 1.82) is 10.5 Å². The number of hydrogen-bond donors (Lipinski definition) is 0. The monoisotopic (exact) mass is 862 g/mol. The molecule has 292 valence electrons. The second kappa shape index (κ2) is 14.2. The van der Waals surface area contributed by atoms with Gasteiger partial charge in [0, 0.05) is 19.6 Å². The highest BCUT2D eigenvalue weighted by Gasteiger charge is 2.28. The van der Waals surface area contributed by atoms with E-state index in [0.29, 0.717) is 11.1 Å². The maximum absolute atomic E-state index is 9.81. The van der Waals surface area contributed by atoms with Gasteiger partial charge in [0.05, 0.1) is 23.3 Å². The Balaban J connectivity index is 1.25. The summed E-state index contributed by atoms with van der Waals surface area (Å²) in [6.07, 6.45) is 8.64. The first-order valence-corrected chi connectivity index (χ1v) is 25.3. The highest BCUT2D eigenvalue weighted by atomic mass is 32.2. The molecule has 0 unspecified atom stereocenters. The smallest absolute Gasteiger partial charge is 0.0991 e. The Labute approximate surface area is 377 Å². The molecule has 0 saturated carbocycles. The van der Waals surface area contributed by atoms with E-state index >= 15 is 0 Å². The van der Waals surface area contributed by atoms with Gasteiger partial charge in [0.1, 0.15) is 0 Å². The molecule has 0 atom stereocenters. The lowest BCUT2D eigenvalue weighted by molar-refractivity contribution is 1.48. The van der Waals surface area contributed by atoms with Gasteiger partial charge in [-0.2, -0.15) is 10.5 Å². The summed E-state index contributed by atoms with van der Waals surface area (Å²) >= 11 is 7.16. The zero-order chi connectivity index (χ0) is 42.0. The van der Waals surface area contributed by atoms with Gasteiger partial charge in [-0.3, -0.25) is 0 Å². The standard InChI is InChI=1S/C56H34N2S4/c1-59-35-13-33-15-37(61-3)19-53-49-25-45-41(23-47(49)51(17-35)55(33)53)39(31-9-5-29(27-57)6-10-31)21-44-43(45)22-40(32-11-7-30(28-58)8-12-32)42-24-48-50(26-46(42)44)54-20-38(62-4)16-34-14-36(60-2)18-52(48)56(34)54/h5-26H,1-4H3. The van der Waals surface area contributed by atoms with Gasteiger partial charge >= 0.3 is 0 Å². The molecule has 2 aliphatic rings. The third-order valence-electron chi connectivity index (χ3n) is 13.1. The molecule has 6 heteroatoms. The molecule has 0 heterocycles. The minimum atomic E-state index is 0.645. The van der Waals surface area contributed by atoms with Crippen molar-refractivity contribution in [1.82, 2.24) is 0 Å². The van der Waals surface area contributed by atoms with Gasteiger partial charge in [-0.15, -0.1) is 47.0 Å². The van der Waals surface area contributed by atoms with Crippen LogP contribution in [0.1, 0.15) is 11.1 Å². The van der Waals surface area contributed by atoms with E-state index in [1.165, 1.54) is 118 Å². The third-order valence-corrected chi connectivity index (χ3v) is 15.9. The molecule has 0 saturated heterocycles. The van der Waals surface area contributed by atoms with Crippen LogP contribution >= 0.6 is 47.0 Å². The van der Waals surface area contributed by atoms with Crippen LogP contribution in [-0.4, -0.2) is 25.0 Å². The average molecular weight is 863 g/mol. The summed E-state index contributed by atoms with van der Waals surface area (Å²) in [6, 6.07) is 54.3. The molecule has 0 fully saturated rings. The fraction of sp³-hybridized carbons (Fsp3) is 0.0714. The van der Waals surface area contributed by atoms with Gasteiger partial charge in [-0.25, -0.2) is 0 Å². The van der Waals surface area contributed by atoms with E-state index in [2.05, 4.69) is 146 Å². The lowest BCUT2D eigenvalue weighted by Crippen LogP contribution is -1.92. The van der Waals surface area contributed by atoms with Crippen LogP contribution in [0.2, 0.25) is 0 Å². The molecule has 10 aromatic rings. The molecule has 2 aliphatic carbocycles. The summed E-state index contributed by atoms with van der Waals surface area (Å²) in [5.74, 6) is 0. The van der Waals surface area contributed by atoms with Crippen molar-refractivity contribution in [3.05, 3.63) is 145 Å². The van der Waals surface area contributed by atoms with Crippen molar-refractivity contribution in [2.45, 2.75) is 19.6 Å². The van der Waals surface area contributed by atoms with Crippen LogP contribution in [0.25, 0.3) is 121 Å².